The maximum absolute atomic E-state index is 3.62. The van der Waals surface area contributed by atoms with Crippen molar-refractivity contribution in [2.24, 2.45) is 0 Å². The Kier molecular flexibility index (Phi) is 4.51. The van der Waals surface area contributed by atoms with Crippen molar-refractivity contribution in [2.45, 2.75) is 26.8 Å². The van der Waals surface area contributed by atoms with Gasteiger partial charge in [-0.05, 0) is 87.3 Å². The van der Waals surface area contributed by atoms with Gasteiger partial charge in [0.15, 0.2) is 0 Å². The highest BCUT2D eigenvalue weighted by atomic mass is 79.9. The number of hydrogen-bond donors (Lipinski definition) is 1. The van der Waals surface area contributed by atoms with Crippen LogP contribution in [0.25, 0.3) is 0 Å². The smallest absolute Gasteiger partial charge is 0.0634 e. The van der Waals surface area contributed by atoms with Gasteiger partial charge in [0.1, 0.15) is 0 Å². The lowest BCUT2D eigenvalue weighted by Gasteiger charge is -2.18. The molecule has 1 unspecified atom stereocenters. The van der Waals surface area contributed by atoms with E-state index in [1.54, 1.807) is 11.3 Å². The average molecular weight is 389 g/mol. The molecule has 0 saturated carbocycles. The molecule has 1 nitrogen and oxygen atoms in total. The third-order valence-electron chi connectivity index (χ3n) is 2.84. The summed E-state index contributed by atoms with van der Waals surface area (Å²) >= 11 is 9.04. The Morgan fingerprint density at radius 1 is 1.17 bits per heavy atom. The van der Waals surface area contributed by atoms with Crippen LogP contribution in [0.4, 0.5) is 5.69 Å². The molecule has 0 radical (unpaired) electrons. The molecular weight excluding hydrogens is 374 g/mol. The van der Waals surface area contributed by atoms with E-state index in [0.29, 0.717) is 6.04 Å². The average Bonchev–Trinajstić information content (AvgIpc) is 2.69. The summed E-state index contributed by atoms with van der Waals surface area (Å²) in [6, 6.07) is 6.72. The Balaban J connectivity index is 2.27. The molecule has 1 aromatic heterocycles. The van der Waals surface area contributed by atoms with Crippen molar-refractivity contribution >= 4 is 48.9 Å². The van der Waals surface area contributed by atoms with Gasteiger partial charge in [-0.15, -0.1) is 11.3 Å². The summed E-state index contributed by atoms with van der Waals surface area (Å²) in [4.78, 5) is 1.38. The number of anilines is 1. The van der Waals surface area contributed by atoms with E-state index in [2.05, 4.69) is 81.5 Å². The predicted octanol–water partition coefficient (Wildman–Crippen LogP) is 6.06. The lowest BCUT2D eigenvalue weighted by molar-refractivity contribution is 0.896. The van der Waals surface area contributed by atoms with Crippen molar-refractivity contribution in [3.63, 3.8) is 0 Å². The summed E-state index contributed by atoms with van der Waals surface area (Å²) in [5.41, 5.74) is 3.69. The van der Waals surface area contributed by atoms with Crippen LogP contribution in [-0.4, -0.2) is 0 Å². The standard InChI is InChI=1S/C14H15Br2NS/c1-8-6-11(15)13(12(16)7-8)17-10(3)14-9(2)4-5-18-14/h4-7,10,17H,1-3H3. The number of hydrogen-bond acceptors (Lipinski definition) is 2. The molecule has 4 heteroatoms. The van der Waals surface area contributed by atoms with Crippen LogP contribution in [-0.2, 0) is 0 Å². The molecule has 96 valence electrons. The first-order valence-electron chi connectivity index (χ1n) is 5.75. The molecule has 1 atom stereocenters. The van der Waals surface area contributed by atoms with Gasteiger partial charge in [0.05, 0.1) is 11.7 Å². The number of rotatable bonds is 3. The van der Waals surface area contributed by atoms with Gasteiger partial charge in [-0.25, -0.2) is 0 Å². The summed E-state index contributed by atoms with van der Waals surface area (Å²) in [5, 5.41) is 5.71. The molecule has 1 aromatic carbocycles. The molecule has 0 bridgehead atoms. The zero-order valence-corrected chi connectivity index (χ0v) is 14.5. The van der Waals surface area contributed by atoms with Gasteiger partial charge in [-0.1, -0.05) is 0 Å². The summed E-state index contributed by atoms with van der Waals surface area (Å²) < 4.78 is 2.19. The lowest BCUT2D eigenvalue weighted by atomic mass is 10.1. The van der Waals surface area contributed by atoms with Crippen LogP contribution < -0.4 is 5.32 Å². The quantitative estimate of drug-likeness (QED) is 0.673. The molecule has 0 spiro atoms. The Bertz CT molecular complexity index is 540. The highest BCUT2D eigenvalue weighted by Crippen LogP contribution is 2.36. The van der Waals surface area contributed by atoms with E-state index in [9.17, 15) is 0 Å². The third kappa shape index (κ3) is 2.98. The normalized spacial score (nSPS) is 12.5. The number of halogens is 2. The van der Waals surface area contributed by atoms with Crippen LogP contribution in [0.5, 0.6) is 0 Å². The number of thiophene rings is 1. The topological polar surface area (TPSA) is 12.0 Å². The van der Waals surface area contributed by atoms with Crippen molar-refractivity contribution in [1.82, 2.24) is 0 Å². The molecule has 0 aliphatic rings. The van der Waals surface area contributed by atoms with Gasteiger partial charge in [0.25, 0.3) is 0 Å². The summed E-state index contributed by atoms with van der Waals surface area (Å²) in [5.74, 6) is 0. The molecule has 0 fully saturated rings. The first-order valence-corrected chi connectivity index (χ1v) is 8.21. The summed E-state index contributed by atoms with van der Waals surface area (Å²) in [6.45, 7) is 6.44. The molecule has 0 aliphatic carbocycles. The fraction of sp³-hybridized carbons (Fsp3) is 0.286. The maximum Gasteiger partial charge on any atom is 0.0634 e. The molecule has 18 heavy (non-hydrogen) atoms. The molecule has 2 aromatic rings. The van der Waals surface area contributed by atoms with Gasteiger partial charge < -0.3 is 5.32 Å². The molecule has 1 N–H and O–H groups in total. The lowest BCUT2D eigenvalue weighted by Crippen LogP contribution is -2.07. The van der Waals surface area contributed by atoms with Crippen molar-refractivity contribution in [3.05, 3.63) is 48.5 Å². The van der Waals surface area contributed by atoms with Crippen molar-refractivity contribution < 1.29 is 0 Å². The van der Waals surface area contributed by atoms with E-state index in [-0.39, 0.29) is 0 Å². The SMILES string of the molecule is Cc1cc(Br)c(NC(C)c2sccc2C)c(Br)c1. The van der Waals surface area contributed by atoms with Crippen LogP contribution >= 0.6 is 43.2 Å². The fourth-order valence-electron chi connectivity index (χ4n) is 1.95. The van der Waals surface area contributed by atoms with Crippen LogP contribution in [0.3, 0.4) is 0 Å². The Labute approximate surface area is 129 Å². The fourth-order valence-corrected chi connectivity index (χ4v) is 4.53. The molecule has 1 heterocycles. The predicted molar refractivity (Wildman–Crippen MR) is 87.7 cm³/mol. The van der Waals surface area contributed by atoms with Crippen LogP contribution in [0.2, 0.25) is 0 Å². The molecule has 0 aliphatic heterocycles. The Morgan fingerprint density at radius 2 is 1.78 bits per heavy atom. The minimum absolute atomic E-state index is 0.306. The van der Waals surface area contributed by atoms with E-state index < -0.39 is 0 Å². The zero-order chi connectivity index (χ0) is 13.3. The first-order chi connectivity index (χ1) is 8.49. The van der Waals surface area contributed by atoms with E-state index in [1.165, 1.54) is 16.0 Å². The van der Waals surface area contributed by atoms with Gasteiger partial charge >= 0.3 is 0 Å². The number of benzene rings is 1. The van der Waals surface area contributed by atoms with Gasteiger partial charge in [-0.3, -0.25) is 0 Å². The van der Waals surface area contributed by atoms with Crippen molar-refractivity contribution in [1.29, 1.82) is 0 Å². The third-order valence-corrected chi connectivity index (χ3v) is 5.29. The largest absolute Gasteiger partial charge is 0.376 e. The van der Waals surface area contributed by atoms with Crippen molar-refractivity contribution in [3.8, 4) is 0 Å². The number of aryl methyl sites for hydroxylation is 2. The van der Waals surface area contributed by atoms with E-state index >= 15 is 0 Å². The second-order valence-corrected chi connectivity index (χ2v) is 7.09. The maximum atomic E-state index is 3.62. The van der Waals surface area contributed by atoms with E-state index in [1.807, 2.05) is 0 Å². The first kappa shape index (κ1) is 14.1. The van der Waals surface area contributed by atoms with Crippen LogP contribution in [0.1, 0.15) is 29.0 Å². The second kappa shape index (κ2) is 5.76. The minimum atomic E-state index is 0.306. The summed E-state index contributed by atoms with van der Waals surface area (Å²) in [7, 11) is 0. The minimum Gasteiger partial charge on any atom is -0.376 e. The summed E-state index contributed by atoms with van der Waals surface area (Å²) in [6.07, 6.45) is 0. The zero-order valence-electron chi connectivity index (χ0n) is 10.6. The van der Waals surface area contributed by atoms with Gasteiger partial charge in [-0.2, -0.15) is 0 Å². The van der Waals surface area contributed by atoms with E-state index in [4.69, 9.17) is 0 Å². The molecule has 0 saturated heterocycles. The van der Waals surface area contributed by atoms with Crippen molar-refractivity contribution in [2.75, 3.05) is 5.32 Å². The van der Waals surface area contributed by atoms with Gasteiger partial charge in [0, 0.05) is 13.8 Å². The van der Waals surface area contributed by atoms with Gasteiger partial charge in [0.2, 0.25) is 0 Å². The monoisotopic (exact) mass is 387 g/mol. The second-order valence-electron chi connectivity index (χ2n) is 4.44. The Morgan fingerprint density at radius 3 is 2.28 bits per heavy atom. The van der Waals surface area contributed by atoms with Crippen LogP contribution in [0.15, 0.2) is 32.5 Å². The molecular formula is C14H15Br2NS. The molecule has 2 rings (SSSR count). The number of nitrogens with one attached hydrogen (secondary N) is 1. The van der Waals surface area contributed by atoms with Crippen LogP contribution in [0, 0.1) is 13.8 Å². The highest BCUT2D eigenvalue weighted by Gasteiger charge is 2.13. The molecule has 0 amide bonds. The highest BCUT2D eigenvalue weighted by molar-refractivity contribution is 9.11. The Hall–Kier alpha value is -0.320. The van der Waals surface area contributed by atoms with E-state index in [0.717, 1.165) is 14.6 Å².